The van der Waals surface area contributed by atoms with E-state index in [1.807, 2.05) is 0 Å². The van der Waals surface area contributed by atoms with Crippen LogP contribution in [0.15, 0.2) is 36.6 Å². The van der Waals surface area contributed by atoms with Crippen LogP contribution in [0.2, 0.25) is 0 Å². The quantitative estimate of drug-likeness (QED) is 0.116. The number of methoxy groups -OCH3 is 2. The number of fused-ring (bicyclic) bond motifs is 1. The van der Waals surface area contributed by atoms with Gasteiger partial charge in [0, 0.05) is 5.56 Å². The van der Waals surface area contributed by atoms with Gasteiger partial charge >= 0.3 is 0 Å². The molecule has 5 rings (SSSR count). The summed E-state index contributed by atoms with van der Waals surface area (Å²) in [5.41, 5.74) is 1.77. The summed E-state index contributed by atoms with van der Waals surface area (Å²) in [7, 11) is 2.84. The van der Waals surface area contributed by atoms with Crippen molar-refractivity contribution < 1.29 is 79.1 Å². The summed E-state index contributed by atoms with van der Waals surface area (Å²) >= 11 is 0. The van der Waals surface area contributed by atoms with Crippen molar-refractivity contribution in [1.29, 1.82) is 0 Å². The first-order chi connectivity index (χ1) is 22.6. The third-order valence-corrected chi connectivity index (χ3v) is 8.46. The van der Waals surface area contributed by atoms with E-state index in [0.717, 1.165) is 0 Å². The van der Waals surface area contributed by atoms with E-state index in [0.29, 0.717) is 28.2 Å². The van der Waals surface area contributed by atoms with Gasteiger partial charge in [0.25, 0.3) is 0 Å². The van der Waals surface area contributed by atoms with Crippen molar-refractivity contribution in [2.45, 2.75) is 73.4 Å². The third kappa shape index (κ3) is 6.85. The third-order valence-electron chi connectivity index (χ3n) is 8.46. The summed E-state index contributed by atoms with van der Waals surface area (Å²) in [6.07, 6.45) is -12.5. The van der Waals surface area contributed by atoms with E-state index >= 15 is 0 Å². The molecule has 16 nitrogen and oxygen atoms in total. The average Bonchev–Trinajstić information content (AvgIpc) is 3.46. The lowest BCUT2D eigenvalue weighted by atomic mass is 9.90. The molecular weight excluding hydrogens is 628 g/mol. The Bertz CT molecular complexity index is 1380. The van der Waals surface area contributed by atoms with Crippen molar-refractivity contribution in [1.82, 2.24) is 0 Å². The van der Waals surface area contributed by atoms with E-state index in [1.165, 1.54) is 32.6 Å². The highest BCUT2D eigenvalue weighted by Crippen LogP contribution is 2.51. The second kappa shape index (κ2) is 14.9. The molecule has 2 saturated heterocycles. The zero-order valence-corrected chi connectivity index (χ0v) is 25.5. The van der Waals surface area contributed by atoms with Crippen LogP contribution >= 0.6 is 0 Å². The van der Waals surface area contributed by atoms with Crippen LogP contribution in [0.4, 0.5) is 0 Å². The summed E-state index contributed by atoms with van der Waals surface area (Å²) in [4.78, 5) is 0. The molecule has 9 N–H and O–H groups in total. The summed E-state index contributed by atoms with van der Waals surface area (Å²) < 4.78 is 39.4. The molecule has 3 aliphatic rings. The van der Waals surface area contributed by atoms with E-state index in [1.54, 1.807) is 24.3 Å². The minimum absolute atomic E-state index is 0.126. The largest absolute Gasteiger partial charge is 0.493 e. The monoisotopic (exact) mass is 668 g/mol. The van der Waals surface area contributed by atoms with Crippen molar-refractivity contribution >= 4 is 6.08 Å². The van der Waals surface area contributed by atoms with Crippen LogP contribution in [0.3, 0.4) is 0 Å². The maximum atomic E-state index is 10.5. The number of benzene rings is 2. The van der Waals surface area contributed by atoms with Crippen molar-refractivity contribution in [3.05, 3.63) is 53.3 Å². The number of aliphatic hydroxyl groups excluding tert-OH is 9. The fourth-order valence-corrected chi connectivity index (χ4v) is 5.79. The molecule has 0 aliphatic carbocycles. The number of hydrogen-bond acceptors (Lipinski definition) is 16. The maximum absolute atomic E-state index is 10.5. The van der Waals surface area contributed by atoms with Crippen LogP contribution in [0.1, 0.15) is 28.7 Å². The van der Waals surface area contributed by atoms with Crippen LogP contribution in [0, 0.1) is 0 Å². The van der Waals surface area contributed by atoms with Gasteiger partial charge in [-0.1, -0.05) is 6.07 Å². The zero-order chi connectivity index (χ0) is 34.0. The molecule has 0 unspecified atom stereocenters. The molecule has 2 fully saturated rings. The number of ether oxygens (including phenoxy) is 7. The Kier molecular flexibility index (Phi) is 11.1. The van der Waals surface area contributed by atoms with Crippen LogP contribution in [-0.2, 0) is 14.2 Å². The molecule has 0 aromatic heterocycles. The van der Waals surface area contributed by atoms with Crippen molar-refractivity contribution in [3.8, 4) is 23.0 Å². The van der Waals surface area contributed by atoms with Gasteiger partial charge < -0.3 is 79.1 Å². The van der Waals surface area contributed by atoms with E-state index in [4.69, 9.17) is 33.2 Å². The SMILES string of the molecule is COc1cc([C@H]2Oc3c(OC)cc(/C=C/O[C@@H]4O[C@H](CO)[C@@H](O)[C@H](O)[C@H]4O)cc3[C@@H]2CO)ccc1O[C@@H]1O[C@H](CO)[C@@H](O)[C@H](O)[C@H]1O. The lowest BCUT2D eigenvalue weighted by Gasteiger charge is -2.39. The Morgan fingerprint density at radius 1 is 0.681 bits per heavy atom. The number of hydrogen-bond donors (Lipinski definition) is 9. The highest BCUT2D eigenvalue weighted by molar-refractivity contribution is 5.62. The number of aliphatic hydroxyl groups is 9. The summed E-state index contributed by atoms with van der Waals surface area (Å²) in [6, 6.07) is 8.20. The summed E-state index contributed by atoms with van der Waals surface area (Å²) in [5, 5.41) is 90.1. The predicted molar refractivity (Wildman–Crippen MR) is 157 cm³/mol. The Morgan fingerprint density at radius 3 is 1.89 bits per heavy atom. The van der Waals surface area contributed by atoms with Crippen molar-refractivity contribution in [2.75, 3.05) is 34.0 Å². The molecular formula is C31H40O16. The van der Waals surface area contributed by atoms with Gasteiger partial charge in [0.2, 0.25) is 12.6 Å². The van der Waals surface area contributed by atoms with E-state index < -0.39 is 86.6 Å². The highest BCUT2D eigenvalue weighted by Gasteiger charge is 2.46. The topological polar surface area (TPSA) is 247 Å². The molecule has 0 saturated carbocycles. The van der Waals surface area contributed by atoms with Gasteiger partial charge in [-0.15, -0.1) is 0 Å². The zero-order valence-electron chi connectivity index (χ0n) is 25.5. The predicted octanol–water partition coefficient (Wildman–Crippen LogP) is -2.12. The smallest absolute Gasteiger partial charge is 0.229 e. The maximum Gasteiger partial charge on any atom is 0.229 e. The fraction of sp³-hybridized carbons (Fsp3) is 0.548. The van der Waals surface area contributed by atoms with E-state index in [-0.39, 0.29) is 18.1 Å². The molecule has 2 aromatic carbocycles. The molecule has 260 valence electrons. The molecule has 12 atom stereocenters. The van der Waals surface area contributed by atoms with Gasteiger partial charge in [0.05, 0.1) is 46.2 Å². The highest BCUT2D eigenvalue weighted by atomic mass is 16.7. The molecule has 0 radical (unpaired) electrons. The van der Waals surface area contributed by atoms with Gasteiger partial charge in [0.15, 0.2) is 23.0 Å². The van der Waals surface area contributed by atoms with Gasteiger partial charge in [-0.2, -0.15) is 0 Å². The van der Waals surface area contributed by atoms with Gasteiger partial charge in [-0.25, -0.2) is 0 Å². The van der Waals surface area contributed by atoms with Crippen molar-refractivity contribution in [2.24, 2.45) is 0 Å². The molecule has 3 aliphatic heterocycles. The van der Waals surface area contributed by atoms with E-state index in [9.17, 15) is 46.0 Å². The standard InChI is InChI=1S/C31H40O16/c1-41-18-9-14(3-4-17(18)44-31-27(40)25(38)23(36)21(12-34)46-31)28-16(10-32)15-7-13(8-19(42-2)29(15)47-28)5-6-43-30-26(39)24(37)22(35)20(11-33)45-30/h3-9,16,20-28,30-40H,10-12H2,1-2H3/b6-5+/t16-,20+,21+,22+,23+,24-,25-,26+,27+,28+,30+,31+/m0/s1. The van der Waals surface area contributed by atoms with Crippen LogP contribution in [-0.4, -0.2) is 141 Å². The second-order valence-electron chi connectivity index (χ2n) is 11.3. The molecule has 0 bridgehead atoms. The lowest BCUT2D eigenvalue weighted by molar-refractivity contribution is -0.287. The molecule has 2 aromatic rings. The second-order valence-corrected chi connectivity index (χ2v) is 11.3. The molecule has 16 heteroatoms. The fourth-order valence-electron chi connectivity index (χ4n) is 5.79. The molecule has 47 heavy (non-hydrogen) atoms. The molecule has 0 spiro atoms. The average molecular weight is 669 g/mol. The minimum atomic E-state index is -1.62. The molecule has 3 heterocycles. The minimum Gasteiger partial charge on any atom is -0.493 e. The van der Waals surface area contributed by atoms with Crippen LogP contribution < -0.4 is 18.9 Å². The Balaban J connectivity index is 1.34. The molecule has 0 amide bonds. The lowest BCUT2D eigenvalue weighted by Crippen LogP contribution is -2.60. The Hall–Kier alpha value is -3.26. The first-order valence-electron chi connectivity index (χ1n) is 14.8. The summed E-state index contributed by atoms with van der Waals surface area (Å²) in [5.74, 6) is 0.507. The normalized spacial score (nSPS) is 35.3. The first-order valence-corrected chi connectivity index (χ1v) is 14.8. The summed E-state index contributed by atoms with van der Waals surface area (Å²) in [6.45, 7) is -1.53. The van der Waals surface area contributed by atoms with Crippen LogP contribution in [0.5, 0.6) is 23.0 Å². The van der Waals surface area contributed by atoms with Crippen molar-refractivity contribution in [3.63, 3.8) is 0 Å². The van der Waals surface area contributed by atoms with Gasteiger partial charge in [-0.3, -0.25) is 0 Å². The number of rotatable bonds is 11. The Morgan fingerprint density at radius 2 is 1.30 bits per heavy atom. The van der Waals surface area contributed by atoms with Gasteiger partial charge in [-0.05, 0) is 41.5 Å². The van der Waals surface area contributed by atoms with Gasteiger partial charge in [0.1, 0.15) is 54.9 Å². The van der Waals surface area contributed by atoms with E-state index in [2.05, 4.69) is 0 Å². The first kappa shape index (κ1) is 35.1. The van der Waals surface area contributed by atoms with Crippen LogP contribution in [0.25, 0.3) is 6.08 Å². The Labute approximate surface area is 269 Å².